The second-order valence-corrected chi connectivity index (χ2v) is 6.25. The summed E-state index contributed by atoms with van der Waals surface area (Å²) in [5.41, 5.74) is 0.258. The van der Waals surface area contributed by atoms with Gasteiger partial charge in [0, 0.05) is 13.0 Å². The molecule has 1 amide bonds. The SMILES string of the molecule is O=C(OCc1ccccc1)N(Cc1ccccc1)C1(C(=O)O)CCOC1. The van der Waals surface area contributed by atoms with Gasteiger partial charge in [0.25, 0.3) is 0 Å². The lowest BCUT2D eigenvalue weighted by atomic mass is 9.96. The molecular weight excluding hydrogens is 334 g/mol. The van der Waals surface area contributed by atoms with Crippen molar-refractivity contribution >= 4 is 12.1 Å². The van der Waals surface area contributed by atoms with Gasteiger partial charge in [0.15, 0.2) is 5.54 Å². The number of carboxylic acid groups (broad SMARTS) is 1. The summed E-state index contributed by atoms with van der Waals surface area (Å²) in [5, 5.41) is 9.82. The molecule has 1 aliphatic heterocycles. The maximum absolute atomic E-state index is 12.8. The minimum atomic E-state index is -1.41. The molecule has 1 unspecified atom stereocenters. The quantitative estimate of drug-likeness (QED) is 0.862. The van der Waals surface area contributed by atoms with Crippen LogP contribution < -0.4 is 0 Å². The van der Waals surface area contributed by atoms with Crippen molar-refractivity contribution in [1.82, 2.24) is 4.90 Å². The number of carbonyl (C=O) groups is 2. The number of aliphatic carboxylic acids is 1. The van der Waals surface area contributed by atoms with Crippen LogP contribution in [-0.4, -0.2) is 40.8 Å². The van der Waals surface area contributed by atoms with E-state index in [9.17, 15) is 14.7 Å². The van der Waals surface area contributed by atoms with Gasteiger partial charge in [-0.25, -0.2) is 9.59 Å². The van der Waals surface area contributed by atoms with Gasteiger partial charge in [-0.3, -0.25) is 4.90 Å². The van der Waals surface area contributed by atoms with Crippen molar-refractivity contribution in [3.8, 4) is 0 Å². The number of amides is 1. The normalized spacial score (nSPS) is 19.1. The van der Waals surface area contributed by atoms with E-state index in [0.717, 1.165) is 11.1 Å². The molecule has 1 saturated heterocycles. The monoisotopic (exact) mass is 355 g/mol. The lowest BCUT2D eigenvalue weighted by Gasteiger charge is -2.35. The maximum Gasteiger partial charge on any atom is 0.411 e. The standard InChI is InChI=1S/C20H21NO5/c22-18(23)20(11-12-25-15-20)21(13-16-7-3-1-4-8-16)19(24)26-14-17-9-5-2-6-10-17/h1-10H,11-15H2,(H,22,23). The lowest BCUT2D eigenvalue weighted by molar-refractivity contribution is -0.151. The van der Waals surface area contributed by atoms with Gasteiger partial charge in [0.1, 0.15) is 6.61 Å². The second-order valence-electron chi connectivity index (χ2n) is 6.25. The zero-order valence-corrected chi connectivity index (χ0v) is 14.3. The fraction of sp³-hybridized carbons (Fsp3) is 0.300. The van der Waals surface area contributed by atoms with Gasteiger partial charge in [0.05, 0.1) is 13.2 Å². The molecule has 6 heteroatoms. The van der Waals surface area contributed by atoms with Crippen LogP contribution in [0.15, 0.2) is 60.7 Å². The van der Waals surface area contributed by atoms with E-state index in [-0.39, 0.29) is 26.2 Å². The Bertz CT molecular complexity index is 741. The van der Waals surface area contributed by atoms with E-state index in [1.165, 1.54) is 4.90 Å². The molecule has 3 rings (SSSR count). The molecule has 1 atom stereocenters. The predicted octanol–water partition coefficient (Wildman–Crippen LogP) is 3.07. The minimum Gasteiger partial charge on any atom is -0.479 e. The van der Waals surface area contributed by atoms with Crippen molar-refractivity contribution in [2.24, 2.45) is 0 Å². The number of ether oxygens (including phenoxy) is 2. The fourth-order valence-corrected chi connectivity index (χ4v) is 3.01. The Morgan fingerprint density at radius 3 is 2.19 bits per heavy atom. The molecule has 0 bridgehead atoms. The third-order valence-electron chi connectivity index (χ3n) is 4.52. The van der Waals surface area contributed by atoms with Crippen LogP contribution in [0.1, 0.15) is 17.5 Å². The van der Waals surface area contributed by atoms with Crippen LogP contribution in [0.3, 0.4) is 0 Å². The third kappa shape index (κ3) is 3.86. The summed E-state index contributed by atoms with van der Waals surface area (Å²) in [6, 6.07) is 18.5. The molecule has 26 heavy (non-hydrogen) atoms. The molecule has 136 valence electrons. The molecule has 1 N–H and O–H groups in total. The zero-order chi connectivity index (χ0) is 18.4. The Kier molecular flexibility index (Phi) is 5.53. The first kappa shape index (κ1) is 17.9. The molecule has 0 saturated carbocycles. The van der Waals surface area contributed by atoms with E-state index in [4.69, 9.17) is 9.47 Å². The number of carboxylic acids is 1. The van der Waals surface area contributed by atoms with Crippen molar-refractivity contribution in [3.05, 3.63) is 71.8 Å². The highest BCUT2D eigenvalue weighted by molar-refractivity contribution is 5.85. The van der Waals surface area contributed by atoms with Crippen molar-refractivity contribution in [2.45, 2.75) is 25.1 Å². The van der Waals surface area contributed by atoms with Crippen molar-refractivity contribution in [1.29, 1.82) is 0 Å². The molecule has 6 nitrogen and oxygen atoms in total. The number of nitrogens with zero attached hydrogens (tertiary/aromatic N) is 1. The van der Waals surface area contributed by atoms with Crippen molar-refractivity contribution < 1.29 is 24.2 Å². The first-order valence-electron chi connectivity index (χ1n) is 8.45. The van der Waals surface area contributed by atoms with Crippen molar-refractivity contribution in [2.75, 3.05) is 13.2 Å². The van der Waals surface area contributed by atoms with Crippen LogP contribution in [-0.2, 0) is 27.4 Å². The van der Waals surface area contributed by atoms with E-state index in [1.807, 2.05) is 60.7 Å². The average molecular weight is 355 g/mol. The highest BCUT2D eigenvalue weighted by Gasteiger charge is 2.50. The number of hydrogen-bond donors (Lipinski definition) is 1. The summed E-state index contributed by atoms with van der Waals surface area (Å²) in [6.45, 7) is 0.477. The van der Waals surface area contributed by atoms with Gasteiger partial charge < -0.3 is 14.6 Å². The van der Waals surface area contributed by atoms with Gasteiger partial charge >= 0.3 is 12.1 Å². The highest BCUT2D eigenvalue weighted by atomic mass is 16.6. The molecule has 1 fully saturated rings. The largest absolute Gasteiger partial charge is 0.479 e. The Labute approximate surface area is 152 Å². The highest BCUT2D eigenvalue weighted by Crippen LogP contribution is 2.29. The van der Waals surface area contributed by atoms with Gasteiger partial charge in [-0.2, -0.15) is 0 Å². The Morgan fingerprint density at radius 2 is 1.65 bits per heavy atom. The summed E-state index contributed by atoms with van der Waals surface area (Å²) < 4.78 is 10.7. The molecule has 0 aliphatic carbocycles. The molecule has 1 aliphatic rings. The average Bonchev–Trinajstić information content (AvgIpc) is 3.17. The minimum absolute atomic E-state index is 0.0460. The van der Waals surface area contributed by atoms with Gasteiger partial charge in [-0.1, -0.05) is 60.7 Å². The first-order valence-corrected chi connectivity index (χ1v) is 8.45. The summed E-state index contributed by atoms with van der Waals surface area (Å²) in [5.74, 6) is -1.08. The number of hydrogen-bond acceptors (Lipinski definition) is 4. The Morgan fingerprint density at radius 1 is 1.04 bits per heavy atom. The summed E-state index contributed by atoms with van der Waals surface area (Å²) in [4.78, 5) is 26.1. The first-order chi connectivity index (χ1) is 12.6. The van der Waals surface area contributed by atoms with Gasteiger partial charge in [-0.05, 0) is 11.1 Å². The molecule has 2 aromatic carbocycles. The molecule has 1 heterocycles. The van der Waals surface area contributed by atoms with Gasteiger partial charge in [0.2, 0.25) is 0 Å². The van der Waals surface area contributed by atoms with Crippen LogP contribution in [0, 0.1) is 0 Å². The molecule has 2 aromatic rings. The lowest BCUT2D eigenvalue weighted by Crippen LogP contribution is -2.57. The van der Waals surface area contributed by atoms with Gasteiger partial charge in [-0.15, -0.1) is 0 Å². The van der Waals surface area contributed by atoms with Crippen LogP contribution in [0.25, 0.3) is 0 Å². The number of carbonyl (C=O) groups excluding carboxylic acids is 1. The topological polar surface area (TPSA) is 76.1 Å². The predicted molar refractivity (Wildman–Crippen MR) is 94.4 cm³/mol. The maximum atomic E-state index is 12.8. The zero-order valence-electron chi connectivity index (χ0n) is 14.3. The number of benzene rings is 2. The van der Waals surface area contributed by atoms with E-state index in [0.29, 0.717) is 6.61 Å². The second kappa shape index (κ2) is 8.01. The van der Waals surface area contributed by atoms with E-state index in [2.05, 4.69) is 0 Å². The van der Waals surface area contributed by atoms with E-state index >= 15 is 0 Å². The Balaban J connectivity index is 1.82. The summed E-state index contributed by atoms with van der Waals surface area (Å²) in [7, 11) is 0. The fourth-order valence-electron chi connectivity index (χ4n) is 3.01. The van der Waals surface area contributed by atoms with Crippen LogP contribution >= 0.6 is 0 Å². The van der Waals surface area contributed by atoms with Crippen LogP contribution in [0.2, 0.25) is 0 Å². The number of rotatable bonds is 6. The molecule has 0 radical (unpaired) electrons. The molecular formula is C20H21NO5. The molecule has 0 aromatic heterocycles. The van der Waals surface area contributed by atoms with E-state index in [1.54, 1.807) is 0 Å². The van der Waals surface area contributed by atoms with Crippen molar-refractivity contribution in [3.63, 3.8) is 0 Å². The van der Waals surface area contributed by atoms with Crippen LogP contribution in [0.5, 0.6) is 0 Å². The third-order valence-corrected chi connectivity index (χ3v) is 4.52. The molecule has 0 spiro atoms. The van der Waals surface area contributed by atoms with Crippen LogP contribution in [0.4, 0.5) is 4.79 Å². The summed E-state index contributed by atoms with van der Waals surface area (Å²) >= 11 is 0. The Hall–Kier alpha value is -2.86. The summed E-state index contributed by atoms with van der Waals surface area (Å²) in [6.07, 6.45) is -0.430. The van der Waals surface area contributed by atoms with E-state index < -0.39 is 17.6 Å². The smallest absolute Gasteiger partial charge is 0.411 e.